The summed E-state index contributed by atoms with van der Waals surface area (Å²) < 4.78 is 31.6. The third kappa shape index (κ3) is 3.26. The topological polar surface area (TPSA) is 50.4 Å². The molecule has 1 aliphatic carbocycles. The summed E-state index contributed by atoms with van der Waals surface area (Å²) in [5.74, 6) is -0.762. The van der Waals surface area contributed by atoms with Crippen molar-refractivity contribution in [2.75, 3.05) is 12.4 Å². The summed E-state index contributed by atoms with van der Waals surface area (Å²) >= 11 is 0. The summed E-state index contributed by atoms with van der Waals surface area (Å²) in [5.41, 5.74) is 0.467. The SMILES string of the molecule is COc1ccc(C2(NC(=O)Nc3ccc(F)cc3F)CC2)cc1. The molecule has 0 radical (unpaired) electrons. The molecule has 1 aliphatic rings. The average Bonchev–Trinajstić information content (AvgIpc) is 3.31. The molecule has 2 amide bonds. The Hall–Kier alpha value is -2.63. The van der Waals surface area contributed by atoms with Crippen molar-refractivity contribution in [3.8, 4) is 5.75 Å². The van der Waals surface area contributed by atoms with Crippen LogP contribution in [0.3, 0.4) is 0 Å². The fourth-order valence-electron chi connectivity index (χ4n) is 2.48. The maximum absolute atomic E-state index is 13.6. The second-order valence-electron chi connectivity index (χ2n) is 5.51. The number of anilines is 1. The molecule has 120 valence electrons. The molecular weight excluding hydrogens is 302 g/mol. The lowest BCUT2D eigenvalue weighted by Gasteiger charge is -2.19. The summed E-state index contributed by atoms with van der Waals surface area (Å²) in [5, 5.41) is 5.27. The lowest BCUT2D eigenvalue weighted by atomic mass is 10.1. The number of benzene rings is 2. The normalized spacial score (nSPS) is 14.9. The Labute approximate surface area is 132 Å². The Morgan fingerprint density at radius 3 is 2.39 bits per heavy atom. The van der Waals surface area contributed by atoms with Gasteiger partial charge in [0, 0.05) is 6.07 Å². The first-order chi connectivity index (χ1) is 11.0. The van der Waals surface area contributed by atoms with Crippen LogP contribution in [-0.4, -0.2) is 13.1 Å². The molecule has 23 heavy (non-hydrogen) atoms. The van der Waals surface area contributed by atoms with E-state index < -0.39 is 23.2 Å². The molecule has 0 atom stereocenters. The lowest BCUT2D eigenvalue weighted by Crippen LogP contribution is -2.38. The zero-order valence-corrected chi connectivity index (χ0v) is 12.5. The molecule has 2 aromatic carbocycles. The van der Waals surface area contributed by atoms with Crippen LogP contribution in [0.25, 0.3) is 0 Å². The third-order valence-electron chi connectivity index (χ3n) is 3.92. The Morgan fingerprint density at radius 2 is 1.83 bits per heavy atom. The number of amides is 2. The van der Waals surface area contributed by atoms with Crippen molar-refractivity contribution in [3.63, 3.8) is 0 Å². The van der Waals surface area contributed by atoms with Crippen molar-refractivity contribution in [2.45, 2.75) is 18.4 Å². The molecule has 3 rings (SSSR count). The van der Waals surface area contributed by atoms with Crippen LogP contribution in [0.2, 0.25) is 0 Å². The van der Waals surface area contributed by atoms with Gasteiger partial charge in [-0.3, -0.25) is 0 Å². The number of methoxy groups -OCH3 is 1. The van der Waals surface area contributed by atoms with Crippen LogP contribution in [0, 0.1) is 11.6 Å². The van der Waals surface area contributed by atoms with Gasteiger partial charge in [-0.25, -0.2) is 13.6 Å². The molecule has 0 heterocycles. The summed E-state index contributed by atoms with van der Waals surface area (Å²) in [6.45, 7) is 0. The number of halogens is 2. The fraction of sp³-hybridized carbons (Fsp3) is 0.235. The van der Waals surface area contributed by atoms with E-state index in [1.54, 1.807) is 7.11 Å². The zero-order valence-electron chi connectivity index (χ0n) is 12.5. The first kappa shape index (κ1) is 15.3. The third-order valence-corrected chi connectivity index (χ3v) is 3.92. The van der Waals surface area contributed by atoms with Crippen LogP contribution >= 0.6 is 0 Å². The van der Waals surface area contributed by atoms with E-state index in [-0.39, 0.29) is 5.69 Å². The molecule has 1 saturated carbocycles. The van der Waals surface area contributed by atoms with Crippen molar-refractivity contribution in [3.05, 3.63) is 59.7 Å². The first-order valence-electron chi connectivity index (χ1n) is 7.21. The van der Waals surface area contributed by atoms with Gasteiger partial charge in [-0.1, -0.05) is 12.1 Å². The van der Waals surface area contributed by atoms with E-state index in [1.165, 1.54) is 6.07 Å². The monoisotopic (exact) mass is 318 g/mol. The number of hydrogen-bond acceptors (Lipinski definition) is 2. The number of urea groups is 1. The Kier molecular flexibility index (Phi) is 3.90. The molecule has 0 unspecified atom stereocenters. The molecule has 6 heteroatoms. The lowest BCUT2D eigenvalue weighted by molar-refractivity contribution is 0.247. The fourth-order valence-corrected chi connectivity index (χ4v) is 2.48. The van der Waals surface area contributed by atoms with Gasteiger partial charge in [0.1, 0.15) is 17.4 Å². The van der Waals surface area contributed by atoms with Crippen LogP contribution in [-0.2, 0) is 5.54 Å². The molecule has 0 spiro atoms. The van der Waals surface area contributed by atoms with Crippen LogP contribution in [0.5, 0.6) is 5.75 Å². The number of carbonyl (C=O) groups excluding carboxylic acids is 1. The summed E-state index contributed by atoms with van der Waals surface area (Å²) in [6.07, 6.45) is 1.61. The first-order valence-corrected chi connectivity index (χ1v) is 7.21. The predicted molar refractivity (Wildman–Crippen MR) is 82.4 cm³/mol. The van der Waals surface area contributed by atoms with E-state index in [1.807, 2.05) is 24.3 Å². The number of rotatable bonds is 4. The molecule has 4 nitrogen and oxygen atoms in total. The zero-order chi connectivity index (χ0) is 16.4. The maximum atomic E-state index is 13.6. The van der Waals surface area contributed by atoms with Gasteiger partial charge < -0.3 is 15.4 Å². The van der Waals surface area contributed by atoms with Crippen molar-refractivity contribution in [2.24, 2.45) is 0 Å². The van der Waals surface area contributed by atoms with Gasteiger partial charge in [0.25, 0.3) is 0 Å². The maximum Gasteiger partial charge on any atom is 0.320 e. The molecule has 2 aromatic rings. The van der Waals surface area contributed by atoms with E-state index in [0.29, 0.717) is 0 Å². The molecule has 0 bridgehead atoms. The number of ether oxygens (including phenoxy) is 1. The van der Waals surface area contributed by atoms with Gasteiger partial charge in [0.05, 0.1) is 18.3 Å². The van der Waals surface area contributed by atoms with E-state index in [2.05, 4.69) is 10.6 Å². The largest absolute Gasteiger partial charge is 0.497 e. The minimum absolute atomic E-state index is 0.0607. The smallest absolute Gasteiger partial charge is 0.320 e. The van der Waals surface area contributed by atoms with Crippen molar-refractivity contribution >= 4 is 11.7 Å². The van der Waals surface area contributed by atoms with Gasteiger partial charge in [-0.2, -0.15) is 0 Å². The number of hydrogen-bond donors (Lipinski definition) is 2. The molecular formula is C17H16F2N2O2. The molecule has 0 aromatic heterocycles. The highest BCUT2D eigenvalue weighted by molar-refractivity contribution is 5.90. The van der Waals surface area contributed by atoms with Crippen LogP contribution < -0.4 is 15.4 Å². The molecule has 2 N–H and O–H groups in total. The molecule has 1 fully saturated rings. The Morgan fingerprint density at radius 1 is 1.13 bits per heavy atom. The van der Waals surface area contributed by atoms with Gasteiger partial charge in [0.2, 0.25) is 0 Å². The summed E-state index contributed by atoms with van der Waals surface area (Å²) in [7, 11) is 1.59. The van der Waals surface area contributed by atoms with Crippen LogP contribution in [0.1, 0.15) is 18.4 Å². The highest BCUT2D eigenvalue weighted by Crippen LogP contribution is 2.45. The predicted octanol–water partition coefficient (Wildman–Crippen LogP) is 3.78. The van der Waals surface area contributed by atoms with Crippen molar-refractivity contribution < 1.29 is 18.3 Å². The van der Waals surface area contributed by atoms with Crippen LogP contribution in [0.15, 0.2) is 42.5 Å². The van der Waals surface area contributed by atoms with Crippen molar-refractivity contribution in [1.29, 1.82) is 0 Å². The summed E-state index contributed by atoms with van der Waals surface area (Å²) in [4.78, 5) is 12.1. The number of nitrogens with one attached hydrogen (secondary N) is 2. The highest BCUT2D eigenvalue weighted by atomic mass is 19.1. The molecule has 0 aliphatic heterocycles. The summed E-state index contributed by atoms with van der Waals surface area (Å²) in [6, 6.07) is 9.93. The van der Waals surface area contributed by atoms with Gasteiger partial charge >= 0.3 is 6.03 Å². The minimum Gasteiger partial charge on any atom is -0.497 e. The second kappa shape index (κ2) is 5.87. The average molecular weight is 318 g/mol. The Balaban J connectivity index is 1.69. The van der Waals surface area contributed by atoms with Gasteiger partial charge in [-0.05, 0) is 42.7 Å². The van der Waals surface area contributed by atoms with E-state index in [9.17, 15) is 13.6 Å². The quantitative estimate of drug-likeness (QED) is 0.901. The standard InChI is InChI=1S/C17H16F2N2O2/c1-23-13-5-2-11(3-6-13)17(8-9-17)21-16(22)20-15-7-4-12(18)10-14(15)19/h2-7,10H,8-9H2,1H3,(H2,20,21,22). The van der Waals surface area contributed by atoms with E-state index >= 15 is 0 Å². The highest BCUT2D eigenvalue weighted by Gasteiger charge is 2.45. The van der Waals surface area contributed by atoms with Gasteiger partial charge in [-0.15, -0.1) is 0 Å². The molecule has 0 saturated heterocycles. The van der Waals surface area contributed by atoms with Crippen molar-refractivity contribution in [1.82, 2.24) is 5.32 Å². The second-order valence-corrected chi connectivity index (χ2v) is 5.51. The van der Waals surface area contributed by atoms with Crippen LogP contribution in [0.4, 0.5) is 19.3 Å². The van der Waals surface area contributed by atoms with E-state index in [0.717, 1.165) is 36.3 Å². The minimum atomic E-state index is -0.811. The van der Waals surface area contributed by atoms with E-state index in [4.69, 9.17) is 4.74 Å². The Bertz CT molecular complexity index is 728. The number of carbonyl (C=O) groups is 1. The van der Waals surface area contributed by atoms with Gasteiger partial charge in [0.15, 0.2) is 0 Å².